The molecule has 3 N–H and O–H groups in total. The third-order valence-corrected chi connectivity index (χ3v) is 3.86. The first kappa shape index (κ1) is 14.8. The van der Waals surface area contributed by atoms with Crippen molar-refractivity contribution in [1.29, 1.82) is 0 Å². The Labute approximate surface area is 127 Å². The largest absolute Gasteiger partial charge is 0.352 e. The van der Waals surface area contributed by atoms with Crippen molar-refractivity contribution in [3.8, 4) is 0 Å². The number of nitrogens with one attached hydrogen (secondary N) is 1. The normalized spacial score (nSPS) is 10.3. The Balaban J connectivity index is 1.87. The number of carbonyl (C=O) groups is 1. The molecule has 0 heterocycles. The SMILES string of the molecule is NCc1ccc(C(=O)NCCc2ccccc2Br)cc1. The van der Waals surface area contributed by atoms with Gasteiger partial charge in [-0.05, 0) is 35.7 Å². The van der Waals surface area contributed by atoms with Crippen LogP contribution in [-0.2, 0) is 13.0 Å². The average Bonchev–Trinajstić information content (AvgIpc) is 2.49. The van der Waals surface area contributed by atoms with Crippen molar-refractivity contribution in [1.82, 2.24) is 5.32 Å². The van der Waals surface area contributed by atoms with Gasteiger partial charge >= 0.3 is 0 Å². The molecule has 0 aliphatic carbocycles. The highest BCUT2D eigenvalue weighted by Gasteiger charge is 2.05. The van der Waals surface area contributed by atoms with Gasteiger partial charge in [0.25, 0.3) is 5.91 Å². The number of benzene rings is 2. The lowest BCUT2D eigenvalue weighted by molar-refractivity contribution is 0.0954. The van der Waals surface area contributed by atoms with E-state index in [1.165, 1.54) is 5.56 Å². The molecule has 3 nitrogen and oxygen atoms in total. The average molecular weight is 333 g/mol. The summed E-state index contributed by atoms with van der Waals surface area (Å²) >= 11 is 3.50. The summed E-state index contributed by atoms with van der Waals surface area (Å²) in [4.78, 5) is 12.0. The highest BCUT2D eigenvalue weighted by molar-refractivity contribution is 9.10. The highest BCUT2D eigenvalue weighted by atomic mass is 79.9. The van der Waals surface area contributed by atoms with Gasteiger partial charge in [0.2, 0.25) is 0 Å². The van der Waals surface area contributed by atoms with Gasteiger partial charge in [0.1, 0.15) is 0 Å². The first-order chi connectivity index (χ1) is 9.70. The van der Waals surface area contributed by atoms with Crippen LogP contribution in [0.15, 0.2) is 53.0 Å². The molecule has 0 radical (unpaired) electrons. The second-order valence-corrected chi connectivity index (χ2v) is 5.35. The molecule has 20 heavy (non-hydrogen) atoms. The third-order valence-electron chi connectivity index (χ3n) is 3.09. The van der Waals surface area contributed by atoms with Crippen LogP contribution in [-0.4, -0.2) is 12.5 Å². The van der Waals surface area contributed by atoms with Gasteiger partial charge in [-0.1, -0.05) is 46.3 Å². The number of rotatable bonds is 5. The van der Waals surface area contributed by atoms with E-state index in [1.807, 2.05) is 36.4 Å². The van der Waals surface area contributed by atoms with Crippen LogP contribution in [0.2, 0.25) is 0 Å². The van der Waals surface area contributed by atoms with E-state index in [0.29, 0.717) is 18.7 Å². The zero-order valence-electron chi connectivity index (χ0n) is 11.1. The van der Waals surface area contributed by atoms with Gasteiger partial charge in [-0.25, -0.2) is 0 Å². The van der Waals surface area contributed by atoms with Crippen molar-refractivity contribution < 1.29 is 4.79 Å². The fourth-order valence-corrected chi connectivity index (χ4v) is 2.39. The molecule has 2 rings (SSSR count). The van der Waals surface area contributed by atoms with E-state index in [4.69, 9.17) is 5.73 Å². The van der Waals surface area contributed by atoms with Crippen molar-refractivity contribution in [2.24, 2.45) is 5.73 Å². The van der Waals surface area contributed by atoms with Crippen LogP contribution in [0.5, 0.6) is 0 Å². The Hall–Kier alpha value is -1.65. The van der Waals surface area contributed by atoms with Gasteiger partial charge in [-0.2, -0.15) is 0 Å². The van der Waals surface area contributed by atoms with Gasteiger partial charge in [0.05, 0.1) is 0 Å². The highest BCUT2D eigenvalue weighted by Crippen LogP contribution is 2.15. The summed E-state index contributed by atoms with van der Waals surface area (Å²) in [6.07, 6.45) is 0.800. The number of nitrogens with two attached hydrogens (primary N) is 1. The maximum absolute atomic E-state index is 12.0. The number of hydrogen-bond acceptors (Lipinski definition) is 2. The van der Waals surface area contributed by atoms with E-state index in [2.05, 4.69) is 21.2 Å². The zero-order valence-corrected chi connectivity index (χ0v) is 12.7. The molecule has 104 valence electrons. The first-order valence-electron chi connectivity index (χ1n) is 6.51. The Kier molecular flexibility index (Phi) is 5.32. The molecule has 0 saturated carbocycles. The van der Waals surface area contributed by atoms with Gasteiger partial charge in [0.15, 0.2) is 0 Å². The second kappa shape index (κ2) is 7.22. The summed E-state index contributed by atoms with van der Waals surface area (Å²) < 4.78 is 1.07. The summed E-state index contributed by atoms with van der Waals surface area (Å²) in [7, 11) is 0. The van der Waals surface area contributed by atoms with Crippen molar-refractivity contribution in [3.05, 3.63) is 69.7 Å². The minimum absolute atomic E-state index is 0.0550. The molecule has 0 aromatic heterocycles. The number of halogens is 1. The van der Waals surface area contributed by atoms with E-state index < -0.39 is 0 Å². The van der Waals surface area contributed by atoms with Crippen molar-refractivity contribution in [3.63, 3.8) is 0 Å². The molecule has 2 aromatic carbocycles. The van der Waals surface area contributed by atoms with Crippen LogP contribution in [0.4, 0.5) is 0 Å². The summed E-state index contributed by atoms with van der Waals surface area (Å²) in [5.41, 5.74) is 8.40. The smallest absolute Gasteiger partial charge is 0.251 e. The van der Waals surface area contributed by atoms with Crippen LogP contribution >= 0.6 is 15.9 Å². The van der Waals surface area contributed by atoms with E-state index in [0.717, 1.165) is 16.5 Å². The molecule has 0 saturated heterocycles. The van der Waals surface area contributed by atoms with Gasteiger partial charge in [-0.3, -0.25) is 4.79 Å². The van der Waals surface area contributed by atoms with Crippen LogP contribution in [0.25, 0.3) is 0 Å². The molecule has 4 heteroatoms. The van der Waals surface area contributed by atoms with Crippen LogP contribution in [0.1, 0.15) is 21.5 Å². The third kappa shape index (κ3) is 3.92. The number of carbonyl (C=O) groups excluding carboxylic acids is 1. The van der Waals surface area contributed by atoms with Crippen molar-refractivity contribution in [2.75, 3.05) is 6.54 Å². The molecule has 1 amide bonds. The fraction of sp³-hybridized carbons (Fsp3) is 0.188. The standard InChI is InChI=1S/C16H17BrN2O/c17-15-4-2-1-3-13(15)9-10-19-16(20)14-7-5-12(11-18)6-8-14/h1-8H,9-11,18H2,(H,19,20). The Bertz CT molecular complexity index is 581. The summed E-state index contributed by atoms with van der Waals surface area (Å²) in [6, 6.07) is 15.4. The molecule has 0 bridgehead atoms. The lowest BCUT2D eigenvalue weighted by Gasteiger charge is -2.07. The van der Waals surface area contributed by atoms with Gasteiger partial charge in [-0.15, -0.1) is 0 Å². The number of hydrogen-bond donors (Lipinski definition) is 2. The topological polar surface area (TPSA) is 55.1 Å². The first-order valence-corrected chi connectivity index (χ1v) is 7.30. The quantitative estimate of drug-likeness (QED) is 0.884. The molecule has 0 aliphatic heterocycles. The van der Waals surface area contributed by atoms with Crippen LogP contribution in [0, 0.1) is 0 Å². The monoisotopic (exact) mass is 332 g/mol. The Morgan fingerprint density at radius 2 is 1.80 bits per heavy atom. The Morgan fingerprint density at radius 3 is 2.45 bits per heavy atom. The molecule has 0 aliphatic rings. The molecule has 2 aromatic rings. The zero-order chi connectivity index (χ0) is 14.4. The van der Waals surface area contributed by atoms with E-state index in [-0.39, 0.29) is 5.91 Å². The molecule has 0 unspecified atom stereocenters. The number of amides is 1. The van der Waals surface area contributed by atoms with E-state index in [9.17, 15) is 4.79 Å². The van der Waals surface area contributed by atoms with E-state index >= 15 is 0 Å². The lowest BCUT2D eigenvalue weighted by Crippen LogP contribution is -2.25. The van der Waals surface area contributed by atoms with Crippen LogP contribution < -0.4 is 11.1 Å². The predicted octanol–water partition coefficient (Wildman–Crippen LogP) is 2.88. The summed E-state index contributed by atoms with van der Waals surface area (Å²) in [5.74, 6) is -0.0550. The van der Waals surface area contributed by atoms with Crippen LogP contribution in [0.3, 0.4) is 0 Å². The second-order valence-electron chi connectivity index (χ2n) is 4.50. The molecule has 0 atom stereocenters. The minimum atomic E-state index is -0.0550. The molecule has 0 spiro atoms. The Morgan fingerprint density at radius 1 is 1.10 bits per heavy atom. The summed E-state index contributed by atoms with van der Waals surface area (Å²) in [5, 5.41) is 2.92. The minimum Gasteiger partial charge on any atom is -0.352 e. The fourth-order valence-electron chi connectivity index (χ4n) is 1.91. The molecular formula is C16H17BrN2O. The van der Waals surface area contributed by atoms with Gasteiger partial charge < -0.3 is 11.1 Å². The van der Waals surface area contributed by atoms with Crippen molar-refractivity contribution in [2.45, 2.75) is 13.0 Å². The van der Waals surface area contributed by atoms with Gasteiger partial charge in [0, 0.05) is 23.1 Å². The maximum Gasteiger partial charge on any atom is 0.251 e. The molecule has 0 fully saturated rings. The molecular weight excluding hydrogens is 316 g/mol. The lowest BCUT2D eigenvalue weighted by atomic mass is 10.1. The maximum atomic E-state index is 12.0. The van der Waals surface area contributed by atoms with E-state index in [1.54, 1.807) is 12.1 Å². The van der Waals surface area contributed by atoms with Crippen molar-refractivity contribution >= 4 is 21.8 Å². The predicted molar refractivity (Wildman–Crippen MR) is 84.5 cm³/mol. The summed E-state index contributed by atoms with van der Waals surface area (Å²) in [6.45, 7) is 1.10.